The van der Waals surface area contributed by atoms with Crippen LogP contribution in [0.3, 0.4) is 0 Å². The van der Waals surface area contributed by atoms with E-state index in [1.165, 1.54) is 44.2 Å². The molecule has 2 aliphatic carbocycles. The number of carbonyl (C=O) groups is 2. The Kier molecular flexibility index (Phi) is 5.72. The van der Waals surface area contributed by atoms with Crippen LogP contribution in [-0.2, 0) is 5.54 Å². The summed E-state index contributed by atoms with van der Waals surface area (Å²) in [7, 11) is 0. The highest BCUT2D eigenvalue weighted by Gasteiger charge is 2.58. The number of nitrogens with zero attached hydrogens (tertiary/aromatic N) is 2. The average molecular weight is 435 g/mol. The molecule has 1 saturated carbocycles. The second kappa shape index (κ2) is 8.53. The van der Waals surface area contributed by atoms with E-state index in [0.29, 0.717) is 35.3 Å². The Morgan fingerprint density at radius 1 is 0.906 bits per heavy atom. The van der Waals surface area contributed by atoms with Gasteiger partial charge < -0.3 is 4.90 Å². The summed E-state index contributed by atoms with van der Waals surface area (Å²) in [5, 5.41) is 0. The van der Waals surface area contributed by atoms with Crippen LogP contribution in [0.15, 0.2) is 42.5 Å². The second-order valence-corrected chi connectivity index (χ2v) is 9.72. The summed E-state index contributed by atoms with van der Waals surface area (Å²) in [6, 6.07) is 11.7. The van der Waals surface area contributed by atoms with Crippen molar-refractivity contribution in [2.75, 3.05) is 32.7 Å². The molecule has 1 aliphatic heterocycles. The largest absolute Gasteiger partial charge is 0.301 e. The molecule has 5 heteroatoms. The van der Waals surface area contributed by atoms with E-state index >= 15 is 0 Å². The predicted octanol–water partition coefficient (Wildman–Crippen LogP) is 4.61. The van der Waals surface area contributed by atoms with E-state index in [1.807, 2.05) is 4.90 Å². The molecule has 2 aromatic carbocycles. The molecule has 5 rings (SSSR count). The van der Waals surface area contributed by atoms with Crippen molar-refractivity contribution >= 4 is 11.6 Å². The summed E-state index contributed by atoms with van der Waals surface area (Å²) in [6.07, 6.45) is 6.62. The molecule has 2 fully saturated rings. The summed E-state index contributed by atoms with van der Waals surface area (Å²) in [5.41, 5.74) is 0.606. The van der Waals surface area contributed by atoms with Gasteiger partial charge in [0.05, 0.1) is 0 Å². The van der Waals surface area contributed by atoms with E-state index < -0.39 is 11.4 Å². The van der Waals surface area contributed by atoms with Crippen molar-refractivity contribution < 1.29 is 14.0 Å². The maximum absolute atomic E-state index is 14.5. The van der Waals surface area contributed by atoms with Crippen LogP contribution in [0.4, 0.5) is 4.39 Å². The number of hydrogen-bond acceptors (Lipinski definition) is 4. The molecule has 4 nitrogen and oxygen atoms in total. The normalized spacial score (nSPS) is 22.3. The smallest absolute Gasteiger partial charge is 0.196 e. The van der Waals surface area contributed by atoms with Gasteiger partial charge in [-0.2, -0.15) is 0 Å². The van der Waals surface area contributed by atoms with Crippen molar-refractivity contribution in [3.05, 3.63) is 70.5 Å². The first-order chi connectivity index (χ1) is 15.5. The van der Waals surface area contributed by atoms with Crippen molar-refractivity contribution in [1.29, 1.82) is 0 Å². The van der Waals surface area contributed by atoms with E-state index in [4.69, 9.17) is 0 Å². The van der Waals surface area contributed by atoms with Crippen molar-refractivity contribution in [3.8, 4) is 0 Å². The maximum atomic E-state index is 14.5. The lowest BCUT2D eigenvalue weighted by Crippen LogP contribution is -2.60. The Hall–Kier alpha value is -2.37. The monoisotopic (exact) mass is 434 g/mol. The summed E-state index contributed by atoms with van der Waals surface area (Å²) >= 11 is 0. The number of carbonyl (C=O) groups excluding carboxylic acids is 2. The van der Waals surface area contributed by atoms with Gasteiger partial charge in [0.2, 0.25) is 0 Å². The fourth-order valence-corrected chi connectivity index (χ4v) is 6.05. The highest BCUT2D eigenvalue weighted by molar-refractivity contribution is 6.32. The van der Waals surface area contributed by atoms with E-state index in [2.05, 4.69) is 4.90 Å². The third-order valence-corrected chi connectivity index (χ3v) is 7.62. The van der Waals surface area contributed by atoms with Gasteiger partial charge in [0.1, 0.15) is 5.82 Å². The number of hydrogen-bond donors (Lipinski definition) is 0. The Bertz CT molecular complexity index is 980. The van der Waals surface area contributed by atoms with Gasteiger partial charge in [-0.05, 0) is 48.9 Å². The number of benzene rings is 2. The molecule has 1 saturated heterocycles. The van der Waals surface area contributed by atoms with E-state index in [-0.39, 0.29) is 11.6 Å². The zero-order valence-electron chi connectivity index (χ0n) is 18.8. The fourth-order valence-electron chi connectivity index (χ4n) is 6.05. The first kappa shape index (κ1) is 21.5. The third-order valence-electron chi connectivity index (χ3n) is 7.62. The van der Waals surface area contributed by atoms with Gasteiger partial charge in [-0.15, -0.1) is 0 Å². The highest BCUT2D eigenvalue weighted by Crippen LogP contribution is 2.43. The van der Waals surface area contributed by atoms with Crippen LogP contribution in [0.2, 0.25) is 0 Å². The highest BCUT2D eigenvalue weighted by atomic mass is 19.1. The van der Waals surface area contributed by atoms with Crippen LogP contribution >= 0.6 is 0 Å². The van der Waals surface area contributed by atoms with Gasteiger partial charge in [0.15, 0.2) is 17.1 Å². The van der Waals surface area contributed by atoms with Gasteiger partial charge in [-0.1, -0.05) is 49.6 Å². The van der Waals surface area contributed by atoms with Crippen LogP contribution in [0.5, 0.6) is 0 Å². The predicted molar refractivity (Wildman–Crippen MR) is 123 cm³/mol. The zero-order chi connectivity index (χ0) is 22.3. The van der Waals surface area contributed by atoms with Crippen molar-refractivity contribution in [2.45, 2.75) is 44.6 Å². The molecule has 1 heterocycles. The molecule has 0 atom stereocenters. The van der Waals surface area contributed by atoms with Gasteiger partial charge in [0.25, 0.3) is 0 Å². The van der Waals surface area contributed by atoms with Crippen LogP contribution in [0.25, 0.3) is 0 Å². The molecule has 2 aromatic rings. The number of rotatable bonds is 4. The quantitative estimate of drug-likeness (QED) is 0.659. The minimum absolute atomic E-state index is 0.219. The molecular formula is C27H31FN2O2. The lowest BCUT2D eigenvalue weighted by atomic mass is 9.81. The molecule has 0 amide bonds. The number of fused-ring (bicyclic) bond motifs is 1. The maximum Gasteiger partial charge on any atom is 0.196 e. The molecule has 168 valence electrons. The molecule has 0 N–H and O–H groups in total. The third kappa shape index (κ3) is 3.52. The minimum Gasteiger partial charge on any atom is -0.301 e. The first-order valence-corrected chi connectivity index (χ1v) is 11.9. The van der Waals surface area contributed by atoms with Crippen LogP contribution in [0.1, 0.15) is 63.9 Å². The van der Waals surface area contributed by atoms with Gasteiger partial charge in [-0.3, -0.25) is 14.5 Å². The second-order valence-electron chi connectivity index (χ2n) is 9.72. The Labute approximate surface area is 189 Å². The summed E-state index contributed by atoms with van der Waals surface area (Å²) in [4.78, 5) is 32.2. The number of piperazine rings is 1. The Morgan fingerprint density at radius 3 is 2.12 bits per heavy atom. The van der Waals surface area contributed by atoms with Crippen LogP contribution in [0, 0.1) is 18.7 Å². The molecule has 0 unspecified atom stereocenters. The number of aryl methyl sites for hydroxylation is 1. The van der Waals surface area contributed by atoms with E-state index in [0.717, 1.165) is 25.6 Å². The van der Waals surface area contributed by atoms with Gasteiger partial charge in [0, 0.05) is 43.9 Å². The summed E-state index contributed by atoms with van der Waals surface area (Å²) in [5.74, 6) is -0.0892. The molecule has 3 aliphatic rings. The summed E-state index contributed by atoms with van der Waals surface area (Å²) in [6.45, 7) is 5.79. The Morgan fingerprint density at radius 2 is 1.53 bits per heavy atom. The molecule has 32 heavy (non-hydrogen) atoms. The van der Waals surface area contributed by atoms with Crippen molar-refractivity contribution in [2.24, 2.45) is 5.92 Å². The van der Waals surface area contributed by atoms with Crippen molar-refractivity contribution in [1.82, 2.24) is 9.80 Å². The minimum atomic E-state index is -1.46. The fraction of sp³-hybridized carbons (Fsp3) is 0.481. The topological polar surface area (TPSA) is 40.6 Å². The van der Waals surface area contributed by atoms with Crippen LogP contribution in [-0.4, -0.2) is 54.1 Å². The van der Waals surface area contributed by atoms with E-state index in [1.54, 1.807) is 37.3 Å². The number of Topliss-reactive ketones (excluding diaryl/α,β-unsaturated/α-hetero) is 2. The summed E-state index contributed by atoms with van der Waals surface area (Å²) < 4.78 is 14.5. The van der Waals surface area contributed by atoms with E-state index in [9.17, 15) is 14.0 Å². The van der Waals surface area contributed by atoms with Crippen LogP contribution < -0.4 is 0 Å². The lowest BCUT2D eigenvalue weighted by Gasteiger charge is -2.45. The molecule has 0 spiro atoms. The lowest BCUT2D eigenvalue weighted by molar-refractivity contribution is 0.0256. The molecule has 0 radical (unpaired) electrons. The Balaban J connectivity index is 1.47. The van der Waals surface area contributed by atoms with Gasteiger partial charge in [-0.25, -0.2) is 4.39 Å². The standard InChI is InChI=1S/C27H31FN2O2/c1-19-15-21(17-22(28)16-19)27(25(31)23-9-5-6-10-24(23)26(27)32)30-13-11-29(12-14-30)18-20-7-3-2-4-8-20/h5-6,9-10,15-17,20H,2-4,7-8,11-14,18H2,1H3. The zero-order valence-corrected chi connectivity index (χ0v) is 18.8. The van der Waals surface area contributed by atoms with Gasteiger partial charge >= 0.3 is 0 Å². The average Bonchev–Trinajstić information content (AvgIpc) is 3.02. The molecule has 0 bridgehead atoms. The van der Waals surface area contributed by atoms with Crippen molar-refractivity contribution in [3.63, 3.8) is 0 Å². The number of ketones is 2. The first-order valence-electron chi connectivity index (χ1n) is 11.9. The molecule has 0 aromatic heterocycles. The SMILES string of the molecule is Cc1cc(F)cc(C2(N3CCN(CC4CCCCC4)CC3)C(=O)c3ccccc3C2=O)c1. The molecular weight excluding hydrogens is 403 g/mol. The number of halogens is 1.